The Morgan fingerprint density at radius 1 is 0.957 bits per heavy atom. The van der Waals surface area contributed by atoms with Gasteiger partial charge in [0.2, 0.25) is 5.91 Å². The summed E-state index contributed by atoms with van der Waals surface area (Å²) in [5.41, 5.74) is 5.49. The van der Waals surface area contributed by atoms with E-state index in [9.17, 15) is 4.79 Å². The van der Waals surface area contributed by atoms with Gasteiger partial charge in [-0.15, -0.1) is 0 Å². The summed E-state index contributed by atoms with van der Waals surface area (Å²) in [4.78, 5) is 12.1. The fourth-order valence-corrected chi connectivity index (χ4v) is 2.17. The number of amides is 1. The zero-order chi connectivity index (χ0) is 16.7. The number of rotatable bonds is 6. The predicted octanol–water partition coefficient (Wildman–Crippen LogP) is 3.06. The molecule has 0 spiro atoms. The topological polar surface area (TPSA) is 47.9 Å². The normalized spacial score (nSPS) is 11.0. The number of hydrazine groups is 1. The van der Waals surface area contributed by atoms with Gasteiger partial charge in [-0.2, -0.15) is 5.10 Å². The largest absolute Gasteiger partial charge is 0.289 e. The van der Waals surface area contributed by atoms with E-state index in [2.05, 4.69) is 10.5 Å². The van der Waals surface area contributed by atoms with E-state index in [-0.39, 0.29) is 12.3 Å². The summed E-state index contributed by atoms with van der Waals surface area (Å²) >= 11 is 0. The first-order valence-corrected chi connectivity index (χ1v) is 7.47. The number of hydrazone groups is 1. The third-order valence-electron chi connectivity index (χ3n) is 3.30. The highest BCUT2D eigenvalue weighted by molar-refractivity contribution is 6.00. The Morgan fingerprint density at radius 3 is 2.04 bits per heavy atom. The second kappa shape index (κ2) is 7.98. The molecule has 0 aliphatic carbocycles. The van der Waals surface area contributed by atoms with Gasteiger partial charge >= 0.3 is 0 Å². The molecule has 120 valence electrons. The molecule has 0 radical (unpaired) electrons. The minimum absolute atomic E-state index is 0.0981. The summed E-state index contributed by atoms with van der Waals surface area (Å²) in [5, 5.41) is 7.91. The lowest BCUT2D eigenvalue weighted by Gasteiger charge is -2.20. The molecule has 0 heterocycles. The molecule has 23 heavy (non-hydrogen) atoms. The van der Waals surface area contributed by atoms with Crippen molar-refractivity contribution in [1.82, 2.24) is 5.43 Å². The minimum Gasteiger partial charge on any atom is -0.289 e. The molecule has 0 aliphatic rings. The Balaban J connectivity index is 1.90. The number of benzene rings is 2. The summed E-state index contributed by atoms with van der Waals surface area (Å²) in [7, 11) is 3.68. The molecule has 0 aliphatic heterocycles. The van der Waals surface area contributed by atoms with E-state index < -0.39 is 0 Å². The second-order valence-electron chi connectivity index (χ2n) is 5.30. The lowest BCUT2D eigenvalue weighted by Crippen LogP contribution is -2.40. The van der Waals surface area contributed by atoms with E-state index in [1.807, 2.05) is 81.7 Å². The number of nitrogens with one attached hydrogen (secondary N) is 1. The van der Waals surface area contributed by atoms with E-state index in [1.165, 1.54) is 0 Å². The number of nitrogens with zero attached hydrogens (tertiary/aromatic N) is 3. The van der Waals surface area contributed by atoms with Crippen LogP contribution in [0.1, 0.15) is 13.3 Å². The fraction of sp³-hybridized carbons (Fsp3) is 0.222. The lowest BCUT2D eigenvalue weighted by atomic mass is 10.3. The van der Waals surface area contributed by atoms with Gasteiger partial charge in [0.1, 0.15) is 0 Å². The Hall–Kier alpha value is -2.82. The number of hydrogen-bond acceptors (Lipinski definition) is 4. The SMILES string of the molecule is C/C(CC(=O)NN(C)c1ccccc1)=N/N(C)c1ccccc1. The molecule has 0 saturated carbocycles. The number of hydrogen-bond donors (Lipinski definition) is 1. The van der Waals surface area contributed by atoms with Crippen LogP contribution in [0.3, 0.4) is 0 Å². The highest BCUT2D eigenvalue weighted by atomic mass is 16.2. The summed E-state index contributed by atoms with van der Waals surface area (Å²) in [6, 6.07) is 19.5. The molecule has 2 aromatic rings. The summed E-state index contributed by atoms with van der Waals surface area (Å²) in [5.74, 6) is -0.0981. The van der Waals surface area contributed by atoms with Gasteiger partial charge in [0.05, 0.1) is 17.8 Å². The Labute approximate surface area is 137 Å². The zero-order valence-corrected chi connectivity index (χ0v) is 13.7. The van der Waals surface area contributed by atoms with Gasteiger partial charge in [-0.25, -0.2) is 0 Å². The van der Waals surface area contributed by atoms with Gasteiger partial charge in [0.15, 0.2) is 0 Å². The van der Waals surface area contributed by atoms with Crippen LogP contribution in [0, 0.1) is 0 Å². The maximum absolute atomic E-state index is 12.1. The highest BCUT2D eigenvalue weighted by Gasteiger charge is 2.08. The molecule has 1 amide bonds. The summed E-state index contributed by atoms with van der Waals surface area (Å²) in [6.45, 7) is 1.85. The van der Waals surface area contributed by atoms with Gasteiger partial charge in [-0.1, -0.05) is 36.4 Å². The lowest BCUT2D eigenvalue weighted by molar-refractivity contribution is -0.120. The predicted molar refractivity (Wildman–Crippen MR) is 95.6 cm³/mol. The number of anilines is 2. The van der Waals surface area contributed by atoms with E-state index in [4.69, 9.17) is 0 Å². The maximum Gasteiger partial charge on any atom is 0.244 e. The number of carbonyl (C=O) groups excluding carboxylic acids is 1. The molecule has 0 saturated heterocycles. The molecule has 0 bridgehead atoms. The molecular weight excluding hydrogens is 288 g/mol. The van der Waals surface area contributed by atoms with Crippen molar-refractivity contribution in [3.05, 3.63) is 60.7 Å². The minimum atomic E-state index is -0.0981. The fourth-order valence-electron chi connectivity index (χ4n) is 2.17. The monoisotopic (exact) mass is 310 g/mol. The highest BCUT2D eigenvalue weighted by Crippen LogP contribution is 2.12. The number of carbonyl (C=O) groups is 1. The molecule has 0 aromatic heterocycles. The van der Waals surface area contributed by atoms with Crippen molar-refractivity contribution in [3.8, 4) is 0 Å². The van der Waals surface area contributed by atoms with Crippen LogP contribution in [-0.4, -0.2) is 25.7 Å². The third-order valence-corrected chi connectivity index (χ3v) is 3.30. The molecule has 0 unspecified atom stereocenters. The van der Waals surface area contributed by atoms with Crippen molar-refractivity contribution in [3.63, 3.8) is 0 Å². The van der Waals surface area contributed by atoms with Crippen LogP contribution in [0.4, 0.5) is 11.4 Å². The Morgan fingerprint density at radius 2 is 1.48 bits per heavy atom. The summed E-state index contributed by atoms with van der Waals surface area (Å²) < 4.78 is 0. The van der Waals surface area contributed by atoms with Crippen LogP contribution in [0.25, 0.3) is 0 Å². The summed E-state index contributed by atoms with van der Waals surface area (Å²) in [6.07, 6.45) is 0.244. The van der Waals surface area contributed by atoms with Crippen LogP contribution in [0.2, 0.25) is 0 Å². The molecular formula is C18H22N4O. The first-order chi connectivity index (χ1) is 11.1. The van der Waals surface area contributed by atoms with Crippen LogP contribution in [-0.2, 0) is 4.79 Å². The Bertz CT molecular complexity index is 655. The van der Waals surface area contributed by atoms with Crippen LogP contribution in [0.5, 0.6) is 0 Å². The van der Waals surface area contributed by atoms with E-state index in [0.717, 1.165) is 17.1 Å². The van der Waals surface area contributed by atoms with Gasteiger partial charge < -0.3 is 0 Å². The van der Waals surface area contributed by atoms with Gasteiger partial charge in [0, 0.05) is 19.8 Å². The third kappa shape index (κ3) is 5.14. The molecule has 1 N–H and O–H groups in total. The quantitative estimate of drug-likeness (QED) is 0.659. The van der Waals surface area contributed by atoms with Gasteiger partial charge in [0.25, 0.3) is 0 Å². The first-order valence-electron chi connectivity index (χ1n) is 7.47. The van der Waals surface area contributed by atoms with Crippen LogP contribution < -0.4 is 15.4 Å². The number of para-hydroxylation sites is 2. The average molecular weight is 310 g/mol. The van der Waals surface area contributed by atoms with E-state index in [0.29, 0.717) is 0 Å². The molecule has 5 nitrogen and oxygen atoms in total. The van der Waals surface area contributed by atoms with Crippen molar-refractivity contribution >= 4 is 23.0 Å². The first kappa shape index (κ1) is 16.5. The van der Waals surface area contributed by atoms with Gasteiger partial charge in [-0.3, -0.25) is 20.2 Å². The smallest absolute Gasteiger partial charge is 0.244 e. The van der Waals surface area contributed by atoms with Crippen molar-refractivity contribution in [2.75, 3.05) is 24.1 Å². The molecule has 2 aromatic carbocycles. The zero-order valence-electron chi connectivity index (χ0n) is 13.7. The van der Waals surface area contributed by atoms with Crippen molar-refractivity contribution in [1.29, 1.82) is 0 Å². The van der Waals surface area contributed by atoms with E-state index >= 15 is 0 Å². The van der Waals surface area contributed by atoms with Crippen LogP contribution >= 0.6 is 0 Å². The van der Waals surface area contributed by atoms with Crippen LogP contribution in [0.15, 0.2) is 65.8 Å². The van der Waals surface area contributed by atoms with Crippen molar-refractivity contribution in [2.24, 2.45) is 5.10 Å². The molecule has 2 rings (SSSR count). The molecule has 0 fully saturated rings. The molecule has 5 heteroatoms. The second-order valence-corrected chi connectivity index (χ2v) is 5.30. The molecule has 0 atom stereocenters. The van der Waals surface area contributed by atoms with E-state index in [1.54, 1.807) is 10.0 Å². The Kier molecular flexibility index (Phi) is 5.74. The van der Waals surface area contributed by atoms with Crippen molar-refractivity contribution in [2.45, 2.75) is 13.3 Å². The maximum atomic E-state index is 12.1. The standard InChI is InChI=1S/C18H22N4O/c1-15(19-21(2)16-10-6-4-7-11-16)14-18(23)20-22(3)17-12-8-5-9-13-17/h4-13H,14H2,1-3H3,(H,20,23)/b19-15-. The average Bonchev–Trinajstić information content (AvgIpc) is 2.56. The van der Waals surface area contributed by atoms with Crippen molar-refractivity contribution < 1.29 is 4.79 Å². The van der Waals surface area contributed by atoms with Gasteiger partial charge in [-0.05, 0) is 31.2 Å².